The maximum atomic E-state index is 13.4. The smallest absolute Gasteiger partial charge is 0.413 e. The third kappa shape index (κ3) is 13.0. The molecule has 5 aromatic rings. The molecule has 2 saturated heterocycles. The highest BCUT2D eigenvalue weighted by Gasteiger charge is 2.39. The fraction of sp³-hybridized carbons (Fsp3) is 0.317. The number of ether oxygens (including phenoxy) is 2. The number of carbonyl (C=O) groups is 4. The largest absolute Gasteiger partial charge is 0.471 e. The van der Waals surface area contributed by atoms with E-state index < -0.39 is 48.1 Å². The van der Waals surface area contributed by atoms with Crippen LogP contribution in [0.1, 0.15) is 27.6 Å². The number of amides is 5. The van der Waals surface area contributed by atoms with Crippen LogP contribution in [0.4, 0.5) is 56.1 Å². The van der Waals surface area contributed by atoms with Crippen molar-refractivity contribution in [2.75, 3.05) is 69.0 Å². The summed E-state index contributed by atoms with van der Waals surface area (Å²) >= 11 is 0. The minimum absolute atomic E-state index is 0.00109. The highest BCUT2D eigenvalue weighted by Crippen LogP contribution is 2.30. The van der Waals surface area contributed by atoms with Crippen molar-refractivity contribution in [1.82, 2.24) is 35.3 Å². The number of halogens is 8. The summed E-state index contributed by atoms with van der Waals surface area (Å²) in [5.41, 5.74) is 1.94. The fourth-order valence-corrected chi connectivity index (χ4v) is 6.10. The van der Waals surface area contributed by atoms with Crippen molar-refractivity contribution >= 4 is 35.1 Å². The maximum Gasteiger partial charge on any atom is 0.471 e. The van der Waals surface area contributed by atoms with Gasteiger partial charge in [-0.1, -0.05) is 0 Å². The SMILES string of the molecule is O=C(CNC(=O)C(F)(F)F)c1ccc(CN(C(=O)N2CCOCC2)c2ccc(F)cc2)nc1.O=C(N1CCOCC1)N(Cc1ccc(-c2nnc(C(F)(F)F)o2)cn1)c1ccc(F)cc1. The molecule has 0 atom stereocenters. The van der Waals surface area contributed by atoms with Crippen molar-refractivity contribution in [3.05, 3.63) is 120 Å². The number of ketones is 1. The first-order valence-corrected chi connectivity index (χ1v) is 19.4. The number of rotatable bonds is 10. The lowest BCUT2D eigenvalue weighted by Crippen LogP contribution is -2.48. The number of morpholine rings is 2. The Hall–Kier alpha value is -7.08. The zero-order chi connectivity index (χ0) is 46.7. The van der Waals surface area contributed by atoms with E-state index in [4.69, 9.17) is 9.47 Å². The van der Waals surface area contributed by atoms with E-state index >= 15 is 0 Å². The van der Waals surface area contributed by atoms with E-state index in [9.17, 15) is 54.3 Å². The van der Waals surface area contributed by atoms with Crippen molar-refractivity contribution in [2.24, 2.45) is 0 Å². The van der Waals surface area contributed by atoms with E-state index in [-0.39, 0.29) is 42.2 Å². The molecule has 24 heteroatoms. The van der Waals surface area contributed by atoms with Gasteiger partial charge in [0.1, 0.15) is 11.6 Å². The van der Waals surface area contributed by atoms with E-state index in [1.54, 1.807) is 9.80 Å². The van der Waals surface area contributed by atoms with Crippen LogP contribution in [0.15, 0.2) is 89.6 Å². The highest BCUT2D eigenvalue weighted by molar-refractivity contribution is 5.99. The predicted molar refractivity (Wildman–Crippen MR) is 211 cm³/mol. The quantitative estimate of drug-likeness (QED) is 0.123. The molecule has 2 fully saturated rings. The molecule has 3 aromatic heterocycles. The van der Waals surface area contributed by atoms with Crippen LogP contribution in [0.5, 0.6) is 0 Å². The summed E-state index contributed by atoms with van der Waals surface area (Å²) in [6, 6.07) is 16.0. The molecule has 2 aromatic carbocycles. The number of carbonyl (C=O) groups excluding carboxylic acids is 4. The minimum Gasteiger partial charge on any atom is -0.413 e. The summed E-state index contributed by atoms with van der Waals surface area (Å²) in [6.45, 7) is 2.45. The zero-order valence-electron chi connectivity index (χ0n) is 33.8. The Morgan fingerprint density at radius 1 is 0.631 bits per heavy atom. The number of anilines is 2. The molecule has 1 N–H and O–H groups in total. The monoisotopic (exact) mass is 919 g/mol. The van der Waals surface area contributed by atoms with Crippen molar-refractivity contribution in [3.8, 4) is 11.5 Å². The molecule has 0 aliphatic carbocycles. The van der Waals surface area contributed by atoms with Crippen LogP contribution >= 0.6 is 0 Å². The number of benzene rings is 2. The molecule has 5 heterocycles. The summed E-state index contributed by atoms with van der Waals surface area (Å²) in [4.78, 5) is 63.5. The Kier molecular flexibility index (Phi) is 15.4. The van der Waals surface area contributed by atoms with Gasteiger partial charge in [0.2, 0.25) is 5.89 Å². The third-order valence-electron chi connectivity index (χ3n) is 9.49. The van der Waals surface area contributed by atoms with Gasteiger partial charge >= 0.3 is 36.2 Å². The second-order valence-electron chi connectivity index (χ2n) is 14.0. The zero-order valence-corrected chi connectivity index (χ0v) is 33.8. The Morgan fingerprint density at radius 3 is 1.51 bits per heavy atom. The molecule has 2 aliphatic rings. The van der Waals surface area contributed by atoms with E-state index in [1.165, 1.54) is 94.1 Å². The predicted octanol–water partition coefficient (Wildman–Crippen LogP) is 6.29. The number of Topliss-reactive ketones (excluding diaryl/α,β-unsaturated/α-hetero) is 1. The Labute approximate surface area is 363 Å². The lowest BCUT2D eigenvalue weighted by Gasteiger charge is -2.33. The van der Waals surface area contributed by atoms with Gasteiger partial charge in [-0.3, -0.25) is 29.4 Å². The molecule has 0 radical (unpaired) electrons. The maximum absolute atomic E-state index is 13.4. The van der Waals surface area contributed by atoms with Crippen LogP contribution in [-0.2, 0) is 33.5 Å². The van der Waals surface area contributed by atoms with Crippen LogP contribution in [-0.4, -0.2) is 119 Å². The molecule has 16 nitrogen and oxygen atoms in total. The van der Waals surface area contributed by atoms with Gasteiger partial charge < -0.3 is 29.0 Å². The fourth-order valence-electron chi connectivity index (χ4n) is 6.10. The number of pyridine rings is 2. The summed E-state index contributed by atoms with van der Waals surface area (Å²) in [7, 11) is 0. The van der Waals surface area contributed by atoms with Crippen molar-refractivity contribution < 1.29 is 68.2 Å². The molecule has 7 rings (SSSR count). The lowest BCUT2D eigenvalue weighted by atomic mass is 10.1. The Morgan fingerprint density at radius 2 is 1.11 bits per heavy atom. The van der Waals surface area contributed by atoms with Crippen molar-refractivity contribution in [2.45, 2.75) is 25.4 Å². The Bertz CT molecular complexity index is 2390. The van der Waals surface area contributed by atoms with Gasteiger partial charge in [-0.15, -0.1) is 10.2 Å². The summed E-state index contributed by atoms with van der Waals surface area (Å²) in [5.74, 6) is -5.64. The van der Waals surface area contributed by atoms with E-state index in [0.29, 0.717) is 75.4 Å². The van der Waals surface area contributed by atoms with Gasteiger partial charge in [-0.05, 0) is 72.8 Å². The number of aromatic nitrogens is 4. The van der Waals surface area contributed by atoms with Gasteiger partial charge in [0.05, 0.1) is 63.0 Å². The van der Waals surface area contributed by atoms with Crippen LogP contribution in [0.3, 0.4) is 0 Å². The lowest BCUT2D eigenvalue weighted by molar-refractivity contribution is -0.173. The first-order valence-electron chi connectivity index (χ1n) is 19.4. The first-order chi connectivity index (χ1) is 31.0. The topological polar surface area (TPSA) is 176 Å². The number of nitrogens with zero attached hydrogens (tertiary/aromatic N) is 8. The summed E-state index contributed by atoms with van der Waals surface area (Å²) in [5, 5.41) is 7.89. The highest BCUT2D eigenvalue weighted by atomic mass is 19.4. The molecule has 0 saturated carbocycles. The number of hydrogen-bond donors (Lipinski definition) is 1. The van der Waals surface area contributed by atoms with Gasteiger partial charge in [0.15, 0.2) is 5.78 Å². The molecule has 65 heavy (non-hydrogen) atoms. The molecular weight excluding hydrogens is 882 g/mol. The third-order valence-corrected chi connectivity index (χ3v) is 9.49. The van der Waals surface area contributed by atoms with E-state index in [1.807, 2.05) is 0 Å². The van der Waals surface area contributed by atoms with Crippen molar-refractivity contribution in [1.29, 1.82) is 0 Å². The van der Waals surface area contributed by atoms with E-state index in [2.05, 4.69) is 24.6 Å². The number of hydrogen-bond acceptors (Lipinski definition) is 11. The molecule has 5 amide bonds. The molecule has 2 aliphatic heterocycles. The van der Waals surface area contributed by atoms with Crippen LogP contribution in [0.25, 0.3) is 11.5 Å². The molecule has 0 unspecified atom stereocenters. The second-order valence-corrected chi connectivity index (χ2v) is 14.0. The first kappa shape index (κ1) is 47.4. The molecule has 0 spiro atoms. The standard InChI is InChI=1S/C21H20F4N4O4.C20H17F4N5O3/c22-15-2-5-17(6-3-15)29(20(32)28-7-9-33-10-8-28)13-16-4-1-14(11-26-16)18(30)12-27-19(31)21(23,24)25;21-14-2-5-16(6-3-14)29(19(30)28-7-9-31-10-8-28)12-15-4-1-13(11-25-15)17-26-27-18(32-17)20(22,23)24/h1-6,11H,7-10,12-13H2,(H,27,31);1-6,11H,7-10,12H2. The number of alkyl halides is 6. The number of urea groups is 2. The van der Waals surface area contributed by atoms with Crippen molar-refractivity contribution in [3.63, 3.8) is 0 Å². The normalized spacial score (nSPS) is 14.2. The number of nitrogens with one attached hydrogen (secondary N) is 1. The van der Waals surface area contributed by atoms with Gasteiger partial charge in [0.25, 0.3) is 0 Å². The molecule has 0 bridgehead atoms. The minimum atomic E-state index is -5.08. The summed E-state index contributed by atoms with van der Waals surface area (Å²) < 4.78 is 117. The second kappa shape index (κ2) is 21.1. The van der Waals surface area contributed by atoms with Crippen LogP contribution < -0.4 is 15.1 Å². The van der Waals surface area contributed by atoms with Gasteiger partial charge in [-0.25, -0.2) is 18.4 Å². The van der Waals surface area contributed by atoms with E-state index in [0.717, 1.165) is 6.20 Å². The van der Waals surface area contributed by atoms with Gasteiger partial charge in [0, 0.05) is 55.5 Å². The van der Waals surface area contributed by atoms with Crippen LogP contribution in [0, 0.1) is 11.6 Å². The summed E-state index contributed by atoms with van der Waals surface area (Å²) in [6.07, 6.45) is -7.39. The molecule has 344 valence electrons. The molecular formula is C41H37F8N9O7. The Balaban J connectivity index is 0.000000215. The average Bonchev–Trinajstić information content (AvgIpc) is 3.82. The van der Waals surface area contributed by atoms with Gasteiger partial charge in [-0.2, -0.15) is 26.3 Å². The van der Waals surface area contributed by atoms with Crippen LogP contribution in [0.2, 0.25) is 0 Å². The average molecular weight is 920 g/mol.